The Morgan fingerprint density at radius 3 is 2.67 bits per heavy atom. The van der Waals surface area contributed by atoms with E-state index in [9.17, 15) is 8.78 Å². The molecule has 0 bridgehead atoms. The molecular weight excluding hydrogens is 258 g/mol. The van der Waals surface area contributed by atoms with Crippen LogP contribution in [0.2, 0.25) is 5.02 Å². The van der Waals surface area contributed by atoms with Crippen LogP contribution in [0.15, 0.2) is 18.2 Å². The van der Waals surface area contributed by atoms with Gasteiger partial charge in [-0.2, -0.15) is 0 Å². The predicted molar refractivity (Wildman–Crippen MR) is 72.7 cm³/mol. The van der Waals surface area contributed by atoms with E-state index in [1.807, 2.05) is 12.1 Å². The first-order valence-electron chi connectivity index (χ1n) is 6.03. The van der Waals surface area contributed by atoms with Crippen LogP contribution in [0.3, 0.4) is 0 Å². The molecule has 1 rings (SSSR count). The van der Waals surface area contributed by atoms with E-state index in [0.717, 1.165) is 18.5 Å². The van der Waals surface area contributed by atoms with Crippen LogP contribution in [-0.4, -0.2) is 26.6 Å². The fraction of sp³-hybridized carbons (Fsp3) is 0.538. The van der Waals surface area contributed by atoms with Crippen molar-refractivity contribution in [3.05, 3.63) is 28.8 Å². The Bertz CT molecular complexity index is 372. The molecule has 0 heterocycles. The summed E-state index contributed by atoms with van der Waals surface area (Å²) in [5.74, 6) is 0. The number of hydrogen-bond donors (Lipinski definition) is 1. The average molecular weight is 277 g/mol. The SMILES string of the molecule is CCCNCc1ccc(N(C)CC(F)F)cc1Cl. The first-order valence-corrected chi connectivity index (χ1v) is 6.40. The molecule has 0 saturated carbocycles. The van der Waals surface area contributed by atoms with Crippen LogP contribution in [0.4, 0.5) is 14.5 Å². The lowest BCUT2D eigenvalue weighted by Gasteiger charge is -2.19. The highest BCUT2D eigenvalue weighted by Gasteiger charge is 2.10. The first-order chi connectivity index (χ1) is 8.54. The van der Waals surface area contributed by atoms with Crippen LogP contribution in [-0.2, 0) is 6.54 Å². The molecule has 0 radical (unpaired) electrons. The van der Waals surface area contributed by atoms with E-state index in [4.69, 9.17) is 11.6 Å². The summed E-state index contributed by atoms with van der Waals surface area (Å²) in [6.07, 6.45) is -1.29. The third kappa shape index (κ3) is 4.78. The van der Waals surface area contributed by atoms with Gasteiger partial charge in [0, 0.05) is 24.3 Å². The molecule has 0 amide bonds. The lowest BCUT2D eigenvalue weighted by atomic mass is 10.2. The van der Waals surface area contributed by atoms with Crippen molar-refractivity contribution in [1.29, 1.82) is 0 Å². The maximum Gasteiger partial charge on any atom is 0.255 e. The highest BCUT2D eigenvalue weighted by Crippen LogP contribution is 2.23. The van der Waals surface area contributed by atoms with Crippen molar-refractivity contribution in [2.75, 3.05) is 25.0 Å². The standard InChI is InChI=1S/C13H19ClF2N2/c1-3-6-17-8-10-4-5-11(7-12(10)14)18(2)9-13(15)16/h4-5,7,13,17H,3,6,8-9H2,1-2H3. The Hall–Kier alpha value is -0.870. The summed E-state index contributed by atoms with van der Waals surface area (Å²) in [5, 5.41) is 3.86. The van der Waals surface area contributed by atoms with Gasteiger partial charge in [-0.1, -0.05) is 24.6 Å². The van der Waals surface area contributed by atoms with Crippen LogP contribution >= 0.6 is 11.6 Å². The molecule has 0 atom stereocenters. The molecule has 0 aromatic heterocycles. The van der Waals surface area contributed by atoms with Gasteiger partial charge in [0.15, 0.2) is 0 Å². The van der Waals surface area contributed by atoms with Gasteiger partial charge in [-0.25, -0.2) is 8.78 Å². The Morgan fingerprint density at radius 1 is 1.39 bits per heavy atom. The first kappa shape index (κ1) is 15.2. The van der Waals surface area contributed by atoms with Crippen molar-refractivity contribution in [3.8, 4) is 0 Å². The maximum absolute atomic E-state index is 12.3. The van der Waals surface area contributed by atoms with E-state index in [-0.39, 0.29) is 6.54 Å². The van der Waals surface area contributed by atoms with Gasteiger partial charge in [0.25, 0.3) is 6.43 Å². The molecule has 0 aliphatic carbocycles. The summed E-state index contributed by atoms with van der Waals surface area (Å²) < 4.78 is 24.5. The normalized spacial score (nSPS) is 11.0. The topological polar surface area (TPSA) is 15.3 Å². The molecule has 0 saturated heterocycles. The number of benzene rings is 1. The Balaban J connectivity index is 2.66. The lowest BCUT2D eigenvalue weighted by molar-refractivity contribution is 0.156. The molecule has 1 aromatic rings. The third-order valence-corrected chi connectivity index (χ3v) is 2.98. The maximum atomic E-state index is 12.3. The number of rotatable bonds is 7. The summed E-state index contributed by atoms with van der Waals surface area (Å²) in [4.78, 5) is 1.50. The van der Waals surface area contributed by atoms with Crippen LogP contribution in [0, 0.1) is 0 Å². The van der Waals surface area contributed by atoms with Crippen LogP contribution in [0.1, 0.15) is 18.9 Å². The molecular formula is C13H19ClF2N2. The van der Waals surface area contributed by atoms with E-state index >= 15 is 0 Å². The highest BCUT2D eigenvalue weighted by molar-refractivity contribution is 6.31. The number of nitrogens with one attached hydrogen (secondary N) is 1. The van der Waals surface area contributed by atoms with Gasteiger partial charge in [-0.05, 0) is 30.7 Å². The van der Waals surface area contributed by atoms with Crippen LogP contribution < -0.4 is 10.2 Å². The molecule has 1 aromatic carbocycles. The van der Waals surface area contributed by atoms with Crippen molar-refractivity contribution < 1.29 is 8.78 Å². The fourth-order valence-corrected chi connectivity index (χ4v) is 1.87. The predicted octanol–water partition coefficient (Wildman–Crippen LogP) is 3.54. The molecule has 0 aliphatic rings. The minimum Gasteiger partial charge on any atom is -0.369 e. The van der Waals surface area contributed by atoms with Gasteiger partial charge in [0.2, 0.25) is 0 Å². The number of halogens is 3. The van der Waals surface area contributed by atoms with Gasteiger partial charge in [-0.15, -0.1) is 0 Å². The van der Waals surface area contributed by atoms with Crippen molar-refractivity contribution in [2.24, 2.45) is 0 Å². The zero-order chi connectivity index (χ0) is 13.5. The Morgan fingerprint density at radius 2 is 2.11 bits per heavy atom. The number of alkyl halides is 2. The quantitative estimate of drug-likeness (QED) is 0.767. The summed E-state index contributed by atoms with van der Waals surface area (Å²) in [6.45, 7) is 3.44. The van der Waals surface area contributed by atoms with E-state index in [0.29, 0.717) is 17.3 Å². The van der Waals surface area contributed by atoms with Crippen LogP contribution in [0.5, 0.6) is 0 Å². The Labute approximate surface area is 112 Å². The van der Waals surface area contributed by atoms with Gasteiger partial charge in [0.1, 0.15) is 0 Å². The lowest BCUT2D eigenvalue weighted by Crippen LogP contribution is -2.24. The summed E-state index contributed by atoms with van der Waals surface area (Å²) in [5.41, 5.74) is 1.69. The fourth-order valence-electron chi connectivity index (χ4n) is 1.63. The van der Waals surface area contributed by atoms with E-state index in [1.165, 1.54) is 4.90 Å². The van der Waals surface area contributed by atoms with Crippen molar-refractivity contribution in [1.82, 2.24) is 5.32 Å². The van der Waals surface area contributed by atoms with Crippen molar-refractivity contribution >= 4 is 17.3 Å². The number of anilines is 1. The molecule has 0 spiro atoms. The second-order valence-corrected chi connectivity index (χ2v) is 4.63. The highest BCUT2D eigenvalue weighted by atomic mass is 35.5. The molecule has 1 N–H and O–H groups in total. The monoisotopic (exact) mass is 276 g/mol. The second kappa shape index (κ2) is 7.54. The smallest absolute Gasteiger partial charge is 0.255 e. The van der Waals surface area contributed by atoms with Crippen molar-refractivity contribution in [3.63, 3.8) is 0 Å². The Kier molecular flexibility index (Phi) is 6.36. The van der Waals surface area contributed by atoms with Crippen molar-refractivity contribution in [2.45, 2.75) is 26.3 Å². The van der Waals surface area contributed by atoms with E-state index < -0.39 is 6.43 Å². The van der Waals surface area contributed by atoms with Crippen LogP contribution in [0.25, 0.3) is 0 Å². The molecule has 2 nitrogen and oxygen atoms in total. The molecule has 102 valence electrons. The second-order valence-electron chi connectivity index (χ2n) is 4.22. The van der Waals surface area contributed by atoms with Gasteiger partial charge in [0.05, 0.1) is 6.54 Å². The number of nitrogens with zero attached hydrogens (tertiary/aromatic N) is 1. The minimum atomic E-state index is -2.35. The largest absolute Gasteiger partial charge is 0.369 e. The molecule has 0 unspecified atom stereocenters. The summed E-state index contributed by atoms with van der Waals surface area (Å²) in [7, 11) is 1.63. The third-order valence-electron chi connectivity index (χ3n) is 2.63. The van der Waals surface area contributed by atoms with E-state index in [2.05, 4.69) is 12.2 Å². The summed E-state index contributed by atoms with van der Waals surface area (Å²) >= 11 is 6.13. The molecule has 0 aliphatic heterocycles. The van der Waals surface area contributed by atoms with E-state index in [1.54, 1.807) is 13.1 Å². The zero-order valence-corrected chi connectivity index (χ0v) is 11.5. The summed E-state index contributed by atoms with van der Waals surface area (Å²) in [6, 6.07) is 5.42. The van der Waals surface area contributed by atoms with Gasteiger partial charge < -0.3 is 10.2 Å². The molecule has 5 heteroatoms. The molecule has 18 heavy (non-hydrogen) atoms. The number of hydrogen-bond acceptors (Lipinski definition) is 2. The molecule has 0 fully saturated rings. The average Bonchev–Trinajstić information content (AvgIpc) is 2.30. The van der Waals surface area contributed by atoms with Gasteiger partial charge >= 0.3 is 0 Å². The minimum absolute atomic E-state index is 0.288. The van der Waals surface area contributed by atoms with Gasteiger partial charge in [-0.3, -0.25) is 0 Å². The zero-order valence-electron chi connectivity index (χ0n) is 10.7.